The van der Waals surface area contributed by atoms with E-state index in [1.54, 1.807) is 17.7 Å². The van der Waals surface area contributed by atoms with Crippen LogP contribution >= 0.6 is 0 Å². The molecule has 3 heterocycles. The molecule has 200 valence electrons. The van der Waals surface area contributed by atoms with Crippen LogP contribution in [0.2, 0.25) is 0 Å². The number of carbonyl (C=O) groups is 1. The fourth-order valence-electron chi connectivity index (χ4n) is 4.72. The quantitative estimate of drug-likeness (QED) is 0.256. The number of aliphatic hydroxyl groups is 1. The van der Waals surface area contributed by atoms with Crippen LogP contribution in [0.3, 0.4) is 0 Å². The zero-order valence-electron chi connectivity index (χ0n) is 22.8. The Kier molecular flexibility index (Phi) is 7.59. The molecule has 0 bridgehead atoms. The Morgan fingerprint density at radius 1 is 1.19 bits per heavy atom. The number of Topliss-reactive ketones (excluding diaryl/α,β-unsaturated/α-hetero) is 1. The molecule has 10 nitrogen and oxygen atoms in total. The summed E-state index contributed by atoms with van der Waals surface area (Å²) >= 11 is 0. The predicted molar refractivity (Wildman–Crippen MR) is 142 cm³/mol. The molecule has 1 saturated heterocycles. The number of nitrogen functional groups attached to an aromatic ring is 1. The monoisotopic (exact) mass is 511 g/mol. The lowest BCUT2D eigenvalue weighted by molar-refractivity contribution is -0.723. The van der Waals surface area contributed by atoms with Gasteiger partial charge < -0.3 is 19.5 Å². The third-order valence-electron chi connectivity index (χ3n) is 6.97. The third-order valence-corrected chi connectivity index (χ3v) is 6.97. The fraction of sp³-hybridized carbons (Fsp3) is 0.556. The first-order valence-corrected chi connectivity index (χ1v) is 12.9. The van der Waals surface area contributed by atoms with Gasteiger partial charge in [-0.25, -0.2) is 0 Å². The minimum absolute atomic E-state index is 0.0171. The molecular formula is C27H39N6O4+. The molecule has 3 aromatic rings. The van der Waals surface area contributed by atoms with Gasteiger partial charge in [0.05, 0.1) is 13.7 Å². The molecule has 37 heavy (non-hydrogen) atoms. The molecule has 1 aliphatic rings. The molecule has 0 saturated carbocycles. The minimum Gasteiger partial charge on any atom is -0.493 e. The maximum Gasteiger partial charge on any atom is 0.401 e. The van der Waals surface area contributed by atoms with E-state index < -0.39 is 0 Å². The molecular weight excluding hydrogens is 472 g/mol. The molecule has 1 aromatic carbocycles. The number of ketones is 1. The highest BCUT2D eigenvalue weighted by Gasteiger charge is 2.29. The molecule has 2 aromatic heterocycles. The second-order valence-electron chi connectivity index (χ2n) is 10.7. The lowest BCUT2D eigenvalue weighted by Crippen LogP contribution is -2.42. The highest BCUT2D eigenvalue weighted by atomic mass is 16.5. The maximum atomic E-state index is 13.5. The number of nitrogens with two attached hydrogens (primary N) is 1. The first kappa shape index (κ1) is 26.7. The highest BCUT2D eigenvalue weighted by molar-refractivity contribution is 5.96. The number of aryl methyl sites for hydroxylation is 1. The van der Waals surface area contributed by atoms with Crippen LogP contribution < -0.4 is 24.8 Å². The van der Waals surface area contributed by atoms with E-state index >= 15 is 0 Å². The van der Waals surface area contributed by atoms with Crippen molar-refractivity contribution in [1.29, 1.82) is 0 Å². The van der Waals surface area contributed by atoms with Crippen molar-refractivity contribution in [3.63, 3.8) is 0 Å². The molecule has 4 rings (SSSR count). The molecule has 0 atom stereocenters. The normalized spacial score (nSPS) is 14.0. The average molecular weight is 512 g/mol. The van der Waals surface area contributed by atoms with Gasteiger partial charge in [-0.3, -0.25) is 10.5 Å². The van der Waals surface area contributed by atoms with Crippen molar-refractivity contribution in [2.45, 2.75) is 65.8 Å². The van der Waals surface area contributed by atoms with Crippen molar-refractivity contribution in [3.8, 4) is 11.5 Å². The van der Waals surface area contributed by atoms with Crippen molar-refractivity contribution in [3.05, 3.63) is 34.4 Å². The zero-order chi connectivity index (χ0) is 26.9. The van der Waals surface area contributed by atoms with Gasteiger partial charge in [-0.15, -0.1) is 4.68 Å². The van der Waals surface area contributed by atoms with Crippen molar-refractivity contribution in [2.24, 2.45) is 0 Å². The van der Waals surface area contributed by atoms with Crippen molar-refractivity contribution >= 4 is 23.2 Å². The van der Waals surface area contributed by atoms with Crippen molar-refractivity contribution < 1.29 is 24.1 Å². The van der Waals surface area contributed by atoms with E-state index in [9.17, 15) is 4.79 Å². The number of anilines is 2. The van der Waals surface area contributed by atoms with Gasteiger partial charge in [0.1, 0.15) is 0 Å². The van der Waals surface area contributed by atoms with E-state index in [-0.39, 0.29) is 24.3 Å². The standard InChI is InChI=1S/C27H38N6O4/c1-17-18(2)25-29-32(26(28)33(25)30-24(17)31-10-7-8-11-31)16-21(35)19-14-20(27(3,4)5)23(36-6)22(15-19)37-13-9-12-34/h14-15,28,34H,7-13,16H2,1-6H3/p+1. The summed E-state index contributed by atoms with van der Waals surface area (Å²) in [6.45, 7) is 12.5. The number of aliphatic hydroxyl groups excluding tert-OH is 1. The summed E-state index contributed by atoms with van der Waals surface area (Å²) in [7, 11) is 1.59. The maximum absolute atomic E-state index is 13.5. The number of carbonyl (C=O) groups excluding carboxylic acids is 1. The Hall–Kier alpha value is -3.40. The fourth-order valence-corrected chi connectivity index (χ4v) is 4.72. The van der Waals surface area contributed by atoms with Gasteiger partial charge in [-0.2, -0.15) is 0 Å². The number of rotatable bonds is 9. The molecule has 10 heteroatoms. The van der Waals surface area contributed by atoms with Crippen LogP contribution in [-0.4, -0.2) is 59.0 Å². The number of hydrogen-bond acceptors (Lipinski definition) is 8. The molecule has 0 amide bonds. The molecule has 1 fully saturated rings. The van der Waals surface area contributed by atoms with Crippen LogP contribution in [0, 0.1) is 13.8 Å². The van der Waals surface area contributed by atoms with Gasteiger partial charge in [0.2, 0.25) is 0 Å². The zero-order valence-corrected chi connectivity index (χ0v) is 22.8. The highest BCUT2D eigenvalue weighted by Crippen LogP contribution is 2.40. The van der Waals surface area contributed by atoms with Crippen LogP contribution in [0.4, 0.5) is 11.8 Å². The summed E-state index contributed by atoms with van der Waals surface area (Å²) in [4.78, 5) is 15.8. The van der Waals surface area contributed by atoms with Crippen LogP contribution in [0.5, 0.6) is 11.5 Å². The van der Waals surface area contributed by atoms with Crippen molar-refractivity contribution in [1.82, 2.24) is 14.7 Å². The van der Waals surface area contributed by atoms with Crippen molar-refractivity contribution in [2.75, 3.05) is 44.0 Å². The lowest BCUT2D eigenvalue weighted by Gasteiger charge is -2.25. The summed E-state index contributed by atoms with van der Waals surface area (Å²) in [5, 5.41) is 18.6. The van der Waals surface area contributed by atoms with E-state index in [0.29, 0.717) is 41.7 Å². The molecule has 1 aliphatic heterocycles. The number of nitrogens with zero attached hydrogens (tertiary/aromatic N) is 5. The largest absolute Gasteiger partial charge is 0.493 e. The summed E-state index contributed by atoms with van der Waals surface area (Å²) in [5.74, 6) is 2.12. The number of fused-ring (bicyclic) bond motifs is 1. The Balaban J connectivity index is 1.71. The van der Waals surface area contributed by atoms with Gasteiger partial charge in [0.15, 0.2) is 29.6 Å². The number of aromatic nitrogens is 4. The van der Waals surface area contributed by atoms with Gasteiger partial charge in [-0.05, 0) is 44.2 Å². The summed E-state index contributed by atoms with van der Waals surface area (Å²) < 4.78 is 14.7. The van der Waals surface area contributed by atoms with Crippen LogP contribution in [0.1, 0.15) is 67.1 Å². The second-order valence-corrected chi connectivity index (χ2v) is 10.7. The van der Waals surface area contributed by atoms with E-state index in [1.807, 2.05) is 13.0 Å². The average Bonchev–Trinajstić information content (AvgIpc) is 3.49. The Labute approximate surface area is 218 Å². The Bertz CT molecular complexity index is 1300. The van der Waals surface area contributed by atoms with E-state index in [2.05, 4.69) is 37.7 Å². The predicted octanol–water partition coefficient (Wildman–Crippen LogP) is 2.77. The van der Waals surface area contributed by atoms with Gasteiger partial charge >= 0.3 is 5.95 Å². The molecule has 3 N–H and O–H groups in total. The topological polar surface area (TPSA) is 119 Å². The van der Waals surface area contributed by atoms with E-state index in [0.717, 1.165) is 48.4 Å². The Morgan fingerprint density at radius 3 is 2.51 bits per heavy atom. The summed E-state index contributed by atoms with van der Waals surface area (Å²) in [5.41, 5.74) is 10.2. The lowest BCUT2D eigenvalue weighted by atomic mass is 9.84. The van der Waals surface area contributed by atoms with Gasteiger partial charge in [0.25, 0.3) is 5.65 Å². The number of methoxy groups -OCH3 is 1. The Morgan fingerprint density at radius 2 is 1.89 bits per heavy atom. The van der Waals surface area contributed by atoms with E-state index in [1.165, 1.54) is 4.68 Å². The molecule has 0 radical (unpaired) electrons. The number of hydrogen-bond donors (Lipinski definition) is 2. The summed E-state index contributed by atoms with van der Waals surface area (Å²) in [6, 6.07) is 3.55. The summed E-state index contributed by atoms with van der Waals surface area (Å²) in [6.07, 6.45) is 2.78. The van der Waals surface area contributed by atoms with Crippen LogP contribution in [-0.2, 0) is 12.0 Å². The molecule has 0 aliphatic carbocycles. The van der Waals surface area contributed by atoms with Gasteiger partial charge in [-0.1, -0.05) is 35.5 Å². The number of ether oxygens (including phenoxy) is 2. The number of benzene rings is 1. The molecule has 0 spiro atoms. The van der Waals surface area contributed by atoms with E-state index in [4.69, 9.17) is 25.4 Å². The first-order chi connectivity index (χ1) is 17.6. The smallest absolute Gasteiger partial charge is 0.401 e. The third kappa shape index (κ3) is 5.20. The first-order valence-electron chi connectivity index (χ1n) is 12.9. The SMILES string of the molecule is COc1c(OCCCO)cc(C(=O)C[n+]2nc3c(C)c(C)c(N4CCCC4)nn3c2N)cc1C(C)(C)C. The van der Waals surface area contributed by atoms with Gasteiger partial charge in [0, 0.05) is 48.4 Å². The molecule has 0 unspecified atom stereocenters. The minimum atomic E-state index is -0.295. The van der Waals surface area contributed by atoms with Crippen LogP contribution in [0.15, 0.2) is 12.1 Å². The van der Waals surface area contributed by atoms with Crippen LogP contribution in [0.25, 0.3) is 5.65 Å². The second kappa shape index (κ2) is 10.5.